The van der Waals surface area contributed by atoms with Gasteiger partial charge >= 0.3 is 11.9 Å². The lowest BCUT2D eigenvalue weighted by molar-refractivity contribution is -0.159. The first-order valence-corrected chi connectivity index (χ1v) is 7.91. The van der Waals surface area contributed by atoms with Crippen LogP contribution in [0.3, 0.4) is 0 Å². The van der Waals surface area contributed by atoms with E-state index in [4.69, 9.17) is 9.47 Å². The van der Waals surface area contributed by atoms with Gasteiger partial charge < -0.3 is 14.3 Å². The van der Waals surface area contributed by atoms with Crippen LogP contribution in [-0.4, -0.2) is 31.9 Å². The van der Waals surface area contributed by atoms with Gasteiger partial charge in [0.25, 0.3) is 0 Å². The lowest BCUT2D eigenvalue weighted by Gasteiger charge is -2.29. The number of hydrogen-bond donors (Lipinski definition) is 0. The van der Waals surface area contributed by atoms with Crippen LogP contribution in [0.2, 0.25) is 0 Å². The summed E-state index contributed by atoms with van der Waals surface area (Å²) in [7, 11) is 2.51. The Bertz CT molecular complexity index is 645. The zero-order valence-electron chi connectivity index (χ0n) is 14.2. The number of fused-ring (bicyclic) bond motifs is 1. The molecule has 5 nitrogen and oxygen atoms in total. The van der Waals surface area contributed by atoms with Crippen LogP contribution in [0, 0.1) is 5.92 Å². The molecule has 2 rings (SSSR count). The van der Waals surface area contributed by atoms with Crippen LogP contribution >= 0.6 is 0 Å². The van der Waals surface area contributed by atoms with Crippen LogP contribution in [0.25, 0.3) is 0 Å². The topological polar surface area (TPSA) is 69.7 Å². The van der Waals surface area contributed by atoms with Gasteiger partial charge in [-0.3, -0.25) is 9.59 Å². The van der Waals surface area contributed by atoms with Crippen molar-refractivity contribution in [3.63, 3.8) is 0 Å². The lowest BCUT2D eigenvalue weighted by Crippen LogP contribution is -2.33. The molecule has 1 aliphatic carbocycles. The molecule has 0 amide bonds. The Labute approximate surface area is 141 Å². The predicted octanol–water partition coefficient (Wildman–Crippen LogP) is 2.76. The molecule has 0 unspecified atom stereocenters. The highest BCUT2D eigenvalue weighted by Gasteiger charge is 2.39. The van der Waals surface area contributed by atoms with Crippen LogP contribution in [0.5, 0.6) is 0 Å². The summed E-state index contributed by atoms with van der Waals surface area (Å²) >= 11 is 0. The molecule has 5 heteroatoms. The number of Topliss-reactive ketones (excluding diaryl/α,β-unsaturated/α-hetero) is 1. The molecule has 1 aromatic carbocycles. The van der Waals surface area contributed by atoms with Gasteiger partial charge in [-0.15, -0.1) is 0 Å². The van der Waals surface area contributed by atoms with Crippen molar-refractivity contribution in [1.82, 2.24) is 0 Å². The number of ketones is 1. The fraction of sp³-hybridized carbons (Fsp3) is 0.421. The summed E-state index contributed by atoms with van der Waals surface area (Å²) in [5.74, 6) is -2.47. The van der Waals surface area contributed by atoms with E-state index in [1.54, 1.807) is 6.92 Å². The van der Waals surface area contributed by atoms with E-state index in [1.165, 1.54) is 14.2 Å². The van der Waals surface area contributed by atoms with Gasteiger partial charge in [-0.1, -0.05) is 36.4 Å². The summed E-state index contributed by atoms with van der Waals surface area (Å²) in [6, 6.07) is 7.67. The Morgan fingerprint density at radius 1 is 1.00 bits per heavy atom. The van der Waals surface area contributed by atoms with E-state index >= 15 is 0 Å². The summed E-state index contributed by atoms with van der Waals surface area (Å²) in [4.78, 5) is 35.5. The van der Waals surface area contributed by atoms with E-state index in [-0.39, 0.29) is 11.7 Å². The number of rotatable bonds is 6. The van der Waals surface area contributed by atoms with Crippen molar-refractivity contribution in [2.24, 2.45) is 5.92 Å². The maximum Gasteiger partial charge on any atom is 0.321 e. The predicted molar refractivity (Wildman–Crippen MR) is 88.5 cm³/mol. The lowest BCUT2D eigenvalue weighted by atomic mass is 9.75. The number of allylic oxidation sites excluding steroid dienone is 2. The van der Waals surface area contributed by atoms with E-state index in [0.717, 1.165) is 11.1 Å². The third-order valence-corrected chi connectivity index (χ3v) is 4.38. The maximum atomic E-state index is 12.1. The third kappa shape index (κ3) is 3.72. The highest BCUT2D eigenvalue weighted by Crippen LogP contribution is 2.40. The van der Waals surface area contributed by atoms with Crippen LogP contribution in [0.4, 0.5) is 0 Å². The summed E-state index contributed by atoms with van der Waals surface area (Å²) in [5.41, 5.74) is 1.93. The second-order valence-corrected chi connectivity index (χ2v) is 5.91. The van der Waals surface area contributed by atoms with E-state index in [1.807, 2.05) is 36.4 Å². The molecule has 0 aromatic heterocycles. The number of esters is 2. The second-order valence-electron chi connectivity index (χ2n) is 5.91. The Morgan fingerprint density at radius 2 is 1.58 bits per heavy atom. The molecule has 1 aliphatic rings. The highest BCUT2D eigenvalue weighted by atomic mass is 16.5. The molecular weight excluding hydrogens is 308 g/mol. The molecule has 0 N–H and O–H groups in total. The van der Waals surface area contributed by atoms with Crippen molar-refractivity contribution in [2.75, 3.05) is 14.2 Å². The number of methoxy groups -OCH3 is 2. The Hall–Kier alpha value is -2.43. The Balaban J connectivity index is 2.39. The van der Waals surface area contributed by atoms with Crippen LogP contribution in [-0.2, 0) is 23.9 Å². The van der Waals surface area contributed by atoms with Crippen LogP contribution < -0.4 is 0 Å². The number of hydrogen-bond acceptors (Lipinski definition) is 5. The Morgan fingerprint density at radius 3 is 2.12 bits per heavy atom. The van der Waals surface area contributed by atoms with Crippen molar-refractivity contribution in [1.29, 1.82) is 0 Å². The van der Waals surface area contributed by atoms with Gasteiger partial charge in [-0.2, -0.15) is 0 Å². The molecule has 0 spiro atoms. The first-order chi connectivity index (χ1) is 11.5. The van der Waals surface area contributed by atoms with Gasteiger partial charge in [0.1, 0.15) is 5.78 Å². The minimum atomic E-state index is -1.04. The summed E-state index contributed by atoms with van der Waals surface area (Å²) in [6.07, 6.45) is 5.02. The van der Waals surface area contributed by atoms with Crippen molar-refractivity contribution in [3.8, 4) is 0 Å². The number of carbonyl (C=O) groups is 3. The number of ether oxygens (including phenoxy) is 2. The van der Waals surface area contributed by atoms with E-state index in [0.29, 0.717) is 12.8 Å². The molecule has 0 bridgehead atoms. The zero-order chi connectivity index (χ0) is 17.7. The van der Waals surface area contributed by atoms with Crippen molar-refractivity contribution >= 4 is 17.7 Å². The number of benzene rings is 1. The fourth-order valence-electron chi connectivity index (χ4n) is 3.16. The standard InChI is InChI=1S/C19H22O5/c1-12(20)8-9-13-10-11-16(15-7-5-4-6-14(13)15)17(18(21)23-2)19(22)24-3/h4-7,10-11,13,16-17H,8-9H2,1-3H3/t13-,16+/m1/s1. The zero-order valence-corrected chi connectivity index (χ0v) is 14.2. The maximum absolute atomic E-state index is 12.1. The van der Waals surface area contributed by atoms with Crippen LogP contribution in [0.1, 0.15) is 42.7 Å². The smallest absolute Gasteiger partial charge is 0.321 e. The van der Waals surface area contributed by atoms with Gasteiger partial charge in [0, 0.05) is 18.3 Å². The largest absolute Gasteiger partial charge is 0.468 e. The molecule has 0 aliphatic heterocycles. The second kappa shape index (κ2) is 7.90. The monoisotopic (exact) mass is 330 g/mol. The van der Waals surface area contributed by atoms with Crippen LogP contribution in [0.15, 0.2) is 36.4 Å². The first-order valence-electron chi connectivity index (χ1n) is 7.91. The molecule has 0 fully saturated rings. The summed E-state index contributed by atoms with van der Waals surface area (Å²) in [5, 5.41) is 0. The normalized spacial score (nSPS) is 18.8. The quantitative estimate of drug-likeness (QED) is 0.456. The van der Waals surface area contributed by atoms with Gasteiger partial charge in [-0.05, 0) is 24.5 Å². The van der Waals surface area contributed by atoms with Crippen molar-refractivity contribution in [2.45, 2.75) is 31.6 Å². The van der Waals surface area contributed by atoms with Gasteiger partial charge in [0.05, 0.1) is 14.2 Å². The molecule has 0 saturated heterocycles. The average molecular weight is 330 g/mol. The molecule has 0 radical (unpaired) electrons. The molecule has 0 saturated carbocycles. The highest BCUT2D eigenvalue weighted by molar-refractivity contribution is 5.96. The molecule has 24 heavy (non-hydrogen) atoms. The summed E-state index contributed by atoms with van der Waals surface area (Å²) < 4.78 is 9.58. The van der Waals surface area contributed by atoms with Gasteiger partial charge in [-0.25, -0.2) is 0 Å². The van der Waals surface area contributed by atoms with Crippen molar-refractivity contribution in [3.05, 3.63) is 47.5 Å². The fourth-order valence-corrected chi connectivity index (χ4v) is 3.16. The first kappa shape index (κ1) is 17.9. The molecule has 1 aromatic rings. The minimum Gasteiger partial charge on any atom is -0.468 e. The van der Waals surface area contributed by atoms with E-state index < -0.39 is 23.8 Å². The Kier molecular flexibility index (Phi) is 5.90. The molecule has 0 heterocycles. The average Bonchev–Trinajstić information content (AvgIpc) is 2.60. The SMILES string of the molecule is COC(=O)C(C(=O)OC)[C@H]1C=C[C@@H](CCC(C)=O)c2ccccc21. The van der Waals surface area contributed by atoms with Gasteiger partial charge in [0.15, 0.2) is 5.92 Å². The summed E-state index contributed by atoms with van der Waals surface area (Å²) in [6.45, 7) is 1.58. The third-order valence-electron chi connectivity index (χ3n) is 4.38. The molecular formula is C19H22O5. The molecule has 128 valence electrons. The van der Waals surface area contributed by atoms with Gasteiger partial charge in [0.2, 0.25) is 0 Å². The van der Waals surface area contributed by atoms with Crippen molar-refractivity contribution < 1.29 is 23.9 Å². The molecule has 2 atom stereocenters. The van der Waals surface area contributed by atoms with E-state index in [9.17, 15) is 14.4 Å². The number of carbonyl (C=O) groups excluding carboxylic acids is 3. The van der Waals surface area contributed by atoms with E-state index in [2.05, 4.69) is 0 Å². The minimum absolute atomic E-state index is 0.0947.